The van der Waals surface area contributed by atoms with Crippen LogP contribution in [-0.2, 0) is 0 Å². The average Bonchev–Trinajstić information content (AvgIpc) is 2.46. The fourth-order valence-electron chi connectivity index (χ4n) is 2.92. The van der Waals surface area contributed by atoms with Gasteiger partial charge in [-0.05, 0) is 32.6 Å². The van der Waals surface area contributed by atoms with E-state index >= 15 is 0 Å². The van der Waals surface area contributed by atoms with Crippen LogP contribution in [0.5, 0.6) is 5.88 Å². The lowest BCUT2D eigenvalue weighted by Gasteiger charge is -2.39. The highest BCUT2D eigenvalue weighted by Gasteiger charge is 2.28. The minimum absolute atomic E-state index is 0.373. The highest BCUT2D eigenvalue weighted by atomic mass is 16.5. The normalized spacial score (nSPS) is 22.9. The lowest BCUT2D eigenvalue weighted by atomic mass is 9.89. The van der Waals surface area contributed by atoms with Crippen molar-refractivity contribution in [2.24, 2.45) is 11.7 Å². The zero-order valence-corrected chi connectivity index (χ0v) is 12.8. The zero-order valence-electron chi connectivity index (χ0n) is 12.8. The van der Waals surface area contributed by atoms with E-state index in [1.165, 1.54) is 12.8 Å². The molecular weight excluding hydrogens is 252 g/mol. The number of hydrogen-bond acceptors (Lipinski definition) is 5. The van der Waals surface area contributed by atoms with Gasteiger partial charge in [-0.15, -0.1) is 0 Å². The molecule has 1 saturated heterocycles. The van der Waals surface area contributed by atoms with Gasteiger partial charge >= 0.3 is 0 Å². The fourth-order valence-corrected chi connectivity index (χ4v) is 2.92. The van der Waals surface area contributed by atoms with Crippen molar-refractivity contribution in [3.8, 4) is 5.88 Å². The van der Waals surface area contributed by atoms with Crippen LogP contribution in [0, 0.1) is 12.8 Å². The van der Waals surface area contributed by atoms with E-state index in [0.717, 1.165) is 30.5 Å². The summed E-state index contributed by atoms with van der Waals surface area (Å²) in [6.07, 6.45) is 3.59. The number of nitrogens with two attached hydrogens (primary N) is 1. The molecule has 2 unspecified atom stereocenters. The molecule has 0 radical (unpaired) electrons. The number of nitrogens with zero attached hydrogens (tertiary/aromatic N) is 3. The number of piperidine rings is 1. The van der Waals surface area contributed by atoms with Crippen LogP contribution < -0.4 is 15.4 Å². The van der Waals surface area contributed by atoms with E-state index < -0.39 is 0 Å². The van der Waals surface area contributed by atoms with Crippen molar-refractivity contribution < 1.29 is 4.74 Å². The molecule has 2 N–H and O–H groups in total. The molecule has 1 aromatic heterocycles. The number of aromatic nitrogens is 2. The third-order valence-electron chi connectivity index (χ3n) is 4.06. The molecule has 1 fully saturated rings. The van der Waals surface area contributed by atoms with Crippen LogP contribution in [0.15, 0.2) is 6.07 Å². The SMILES string of the molecule is CCOc1cc(N2CCC(CC)CC2CN)nc(C)n1. The molecule has 2 atom stereocenters. The Kier molecular flexibility index (Phi) is 5.17. The van der Waals surface area contributed by atoms with Gasteiger partial charge < -0.3 is 15.4 Å². The Bertz CT molecular complexity index is 438. The second-order valence-electron chi connectivity index (χ2n) is 5.43. The third kappa shape index (κ3) is 3.39. The molecule has 112 valence electrons. The second-order valence-corrected chi connectivity index (χ2v) is 5.43. The van der Waals surface area contributed by atoms with Gasteiger partial charge in [0, 0.05) is 25.2 Å². The Morgan fingerprint density at radius 2 is 2.20 bits per heavy atom. The van der Waals surface area contributed by atoms with Gasteiger partial charge in [0.25, 0.3) is 0 Å². The summed E-state index contributed by atoms with van der Waals surface area (Å²) in [6, 6.07) is 2.31. The molecule has 0 aliphatic carbocycles. The fraction of sp³-hybridized carbons (Fsp3) is 0.733. The van der Waals surface area contributed by atoms with Crippen molar-refractivity contribution in [3.63, 3.8) is 0 Å². The van der Waals surface area contributed by atoms with Crippen molar-refractivity contribution in [2.75, 3.05) is 24.6 Å². The van der Waals surface area contributed by atoms with Crippen LogP contribution >= 0.6 is 0 Å². The maximum absolute atomic E-state index is 5.97. The Labute approximate surface area is 121 Å². The van der Waals surface area contributed by atoms with Gasteiger partial charge in [-0.1, -0.05) is 13.3 Å². The molecule has 1 aliphatic heterocycles. The van der Waals surface area contributed by atoms with E-state index in [9.17, 15) is 0 Å². The quantitative estimate of drug-likeness (QED) is 0.894. The minimum atomic E-state index is 0.373. The molecule has 1 aliphatic rings. The first kappa shape index (κ1) is 15.0. The van der Waals surface area contributed by atoms with Crippen LogP contribution in [0.1, 0.15) is 38.9 Å². The average molecular weight is 278 g/mol. The van der Waals surface area contributed by atoms with Crippen LogP contribution in [-0.4, -0.2) is 35.7 Å². The molecule has 5 nitrogen and oxygen atoms in total. The van der Waals surface area contributed by atoms with Gasteiger partial charge in [-0.3, -0.25) is 0 Å². The summed E-state index contributed by atoms with van der Waals surface area (Å²) in [5.74, 6) is 3.14. The predicted octanol–water partition coefficient (Wildman–Crippen LogP) is 2.14. The van der Waals surface area contributed by atoms with Gasteiger partial charge in [-0.2, -0.15) is 4.98 Å². The van der Waals surface area contributed by atoms with Gasteiger partial charge in [0.1, 0.15) is 11.6 Å². The van der Waals surface area contributed by atoms with Crippen molar-refractivity contribution in [2.45, 2.75) is 46.1 Å². The van der Waals surface area contributed by atoms with Crippen LogP contribution in [0.4, 0.5) is 5.82 Å². The molecule has 20 heavy (non-hydrogen) atoms. The summed E-state index contributed by atoms with van der Waals surface area (Å²) in [7, 11) is 0. The lowest BCUT2D eigenvalue weighted by Crippen LogP contribution is -2.47. The summed E-state index contributed by atoms with van der Waals surface area (Å²) in [4.78, 5) is 11.2. The van der Waals surface area contributed by atoms with Crippen molar-refractivity contribution >= 4 is 5.82 Å². The van der Waals surface area contributed by atoms with Crippen LogP contribution in [0.3, 0.4) is 0 Å². The maximum Gasteiger partial charge on any atom is 0.218 e. The van der Waals surface area contributed by atoms with E-state index in [4.69, 9.17) is 10.5 Å². The minimum Gasteiger partial charge on any atom is -0.478 e. The monoisotopic (exact) mass is 278 g/mol. The highest BCUT2D eigenvalue weighted by molar-refractivity contribution is 5.43. The lowest BCUT2D eigenvalue weighted by molar-refractivity contribution is 0.321. The van der Waals surface area contributed by atoms with Crippen LogP contribution in [0.2, 0.25) is 0 Å². The zero-order chi connectivity index (χ0) is 14.5. The van der Waals surface area contributed by atoms with E-state index in [2.05, 4.69) is 21.8 Å². The topological polar surface area (TPSA) is 64.3 Å². The number of hydrogen-bond donors (Lipinski definition) is 1. The van der Waals surface area contributed by atoms with E-state index in [-0.39, 0.29) is 0 Å². The first-order chi connectivity index (χ1) is 9.67. The molecule has 0 aromatic carbocycles. The van der Waals surface area contributed by atoms with Gasteiger partial charge in [0.15, 0.2) is 0 Å². The third-order valence-corrected chi connectivity index (χ3v) is 4.06. The largest absolute Gasteiger partial charge is 0.478 e. The highest BCUT2D eigenvalue weighted by Crippen LogP contribution is 2.29. The number of rotatable bonds is 5. The summed E-state index contributed by atoms with van der Waals surface area (Å²) in [5, 5.41) is 0. The van der Waals surface area contributed by atoms with Crippen molar-refractivity contribution in [1.82, 2.24) is 9.97 Å². The first-order valence-corrected chi connectivity index (χ1v) is 7.63. The summed E-state index contributed by atoms with van der Waals surface area (Å²) < 4.78 is 5.52. The van der Waals surface area contributed by atoms with Gasteiger partial charge in [0.05, 0.1) is 6.61 Å². The summed E-state index contributed by atoms with van der Waals surface area (Å²) in [6.45, 7) is 8.44. The smallest absolute Gasteiger partial charge is 0.218 e. The van der Waals surface area contributed by atoms with E-state index in [1.807, 2.05) is 19.9 Å². The van der Waals surface area contributed by atoms with E-state index in [1.54, 1.807) is 0 Å². The maximum atomic E-state index is 5.97. The Morgan fingerprint density at radius 1 is 1.40 bits per heavy atom. The second kappa shape index (κ2) is 6.88. The number of ether oxygens (including phenoxy) is 1. The molecule has 1 aromatic rings. The molecule has 0 bridgehead atoms. The van der Waals surface area contributed by atoms with Crippen molar-refractivity contribution in [1.29, 1.82) is 0 Å². The molecular formula is C15H26N4O. The van der Waals surface area contributed by atoms with E-state index in [0.29, 0.717) is 25.1 Å². The predicted molar refractivity (Wildman–Crippen MR) is 81.1 cm³/mol. The van der Waals surface area contributed by atoms with Gasteiger partial charge in [-0.25, -0.2) is 4.98 Å². The van der Waals surface area contributed by atoms with Crippen LogP contribution in [0.25, 0.3) is 0 Å². The molecule has 0 saturated carbocycles. The number of anilines is 1. The number of aryl methyl sites for hydroxylation is 1. The Balaban J connectivity index is 2.21. The van der Waals surface area contributed by atoms with Gasteiger partial charge in [0.2, 0.25) is 5.88 Å². The Morgan fingerprint density at radius 3 is 2.85 bits per heavy atom. The summed E-state index contributed by atoms with van der Waals surface area (Å²) >= 11 is 0. The standard InChI is InChI=1S/C15H26N4O/c1-4-12-6-7-19(13(8-12)10-16)14-9-15(20-5-2)18-11(3)17-14/h9,12-13H,4-8,10,16H2,1-3H3. The molecule has 5 heteroatoms. The molecule has 0 spiro atoms. The first-order valence-electron chi connectivity index (χ1n) is 7.63. The van der Waals surface area contributed by atoms with Crippen molar-refractivity contribution in [3.05, 3.63) is 11.9 Å². The molecule has 0 amide bonds. The molecule has 2 rings (SSSR count). The molecule has 2 heterocycles. The Hall–Kier alpha value is -1.36. The summed E-state index contributed by atoms with van der Waals surface area (Å²) in [5.41, 5.74) is 5.97.